The molecule has 0 bridgehead atoms. The predicted octanol–water partition coefficient (Wildman–Crippen LogP) is 6.26. The fourth-order valence-corrected chi connectivity index (χ4v) is 4.42. The number of carbonyl (C=O) groups excluding carboxylic acids is 1. The van der Waals surface area contributed by atoms with Crippen LogP contribution in [0.3, 0.4) is 0 Å². The van der Waals surface area contributed by atoms with Crippen LogP contribution in [0.1, 0.15) is 27.2 Å². The molecule has 0 aliphatic heterocycles. The lowest BCUT2D eigenvalue weighted by Crippen LogP contribution is -2.33. The third-order valence-electron chi connectivity index (χ3n) is 4.68. The smallest absolute Gasteiger partial charge is 0.293 e. The number of carbonyl (C=O) groups is 1. The second kappa shape index (κ2) is 8.18. The lowest BCUT2D eigenvalue weighted by atomic mass is 10.1. The quantitative estimate of drug-likeness (QED) is 0.357. The highest BCUT2D eigenvalue weighted by atomic mass is 35.5. The largest absolute Gasteiger partial charge is 0.451 e. The summed E-state index contributed by atoms with van der Waals surface area (Å²) in [7, 11) is 0. The van der Waals surface area contributed by atoms with Gasteiger partial charge in [-0.1, -0.05) is 47.2 Å². The molecule has 2 N–H and O–H groups in total. The molecule has 0 aliphatic rings. The predicted molar refractivity (Wildman–Crippen MR) is 127 cm³/mol. The Bertz CT molecular complexity index is 1250. The van der Waals surface area contributed by atoms with Gasteiger partial charge in [-0.2, -0.15) is 0 Å². The van der Waals surface area contributed by atoms with E-state index in [-0.39, 0.29) is 10.9 Å². The normalized spacial score (nSPS) is 10.9. The van der Waals surface area contributed by atoms with Crippen LogP contribution >= 0.6 is 35.2 Å². The summed E-state index contributed by atoms with van der Waals surface area (Å²) in [5.74, 6) is 0.269. The van der Waals surface area contributed by atoms with Crippen LogP contribution in [0.15, 0.2) is 46.9 Å². The van der Waals surface area contributed by atoms with Crippen LogP contribution in [0.4, 0.5) is 5.13 Å². The molecule has 0 radical (unpaired) electrons. The highest BCUT2D eigenvalue weighted by molar-refractivity contribution is 7.80. The van der Waals surface area contributed by atoms with E-state index in [1.807, 2.05) is 39.0 Å². The number of benzene rings is 2. The number of anilines is 1. The number of fused-ring (bicyclic) bond motifs is 1. The first-order valence-corrected chi connectivity index (χ1v) is 10.8. The van der Waals surface area contributed by atoms with Crippen LogP contribution in [0.2, 0.25) is 5.02 Å². The van der Waals surface area contributed by atoms with Crippen LogP contribution in [0, 0.1) is 20.8 Å². The minimum Gasteiger partial charge on any atom is -0.451 e. The topological polar surface area (TPSA) is 67.2 Å². The van der Waals surface area contributed by atoms with Gasteiger partial charge in [0.25, 0.3) is 5.91 Å². The van der Waals surface area contributed by atoms with Gasteiger partial charge in [0, 0.05) is 10.6 Å². The van der Waals surface area contributed by atoms with Gasteiger partial charge in [0.05, 0.1) is 10.2 Å². The second-order valence-corrected chi connectivity index (χ2v) is 8.75. The Balaban J connectivity index is 1.46. The number of aromatic nitrogens is 1. The lowest BCUT2D eigenvalue weighted by Gasteiger charge is -2.05. The minimum absolute atomic E-state index is 0.154. The summed E-state index contributed by atoms with van der Waals surface area (Å²) in [6.45, 7) is 5.98. The minimum atomic E-state index is -0.439. The van der Waals surface area contributed by atoms with E-state index in [2.05, 4.69) is 21.7 Å². The Kier molecular flexibility index (Phi) is 5.60. The van der Waals surface area contributed by atoms with E-state index in [9.17, 15) is 4.79 Å². The number of thiocarbonyl (C=S) groups is 1. The zero-order valence-electron chi connectivity index (χ0n) is 16.5. The zero-order chi connectivity index (χ0) is 21.4. The molecule has 30 heavy (non-hydrogen) atoms. The summed E-state index contributed by atoms with van der Waals surface area (Å²) in [5.41, 5.74) is 4.95. The van der Waals surface area contributed by atoms with E-state index in [4.69, 9.17) is 28.2 Å². The van der Waals surface area contributed by atoms with Crippen LogP contribution < -0.4 is 10.6 Å². The number of thiazole rings is 1. The summed E-state index contributed by atoms with van der Waals surface area (Å²) in [4.78, 5) is 17.1. The third-order valence-corrected chi connectivity index (χ3v) is 6.39. The first-order valence-electron chi connectivity index (χ1n) is 9.17. The highest BCUT2D eigenvalue weighted by Gasteiger charge is 2.16. The van der Waals surface area contributed by atoms with Crippen molar-refractivity contribution in [2.24, 2.45) is 0 Å². The van der Waals surface area contributed by atoms with E-state index in [0.717, 1.165) is 32.5 Å². The molecule has 2 heterocycles. The SMILES string of the molecule is Cc1ccc(-c2ccc(C(=O)NC(=S)Nc3nc4c(C)ccc(C)c4s3)o2)cc1Cl. The average molecular weight is 456 g/mol. The van der Waals surface area contributed by atoms with Crippen molar-refractivity contribution in [1.82, 2.24) is 10.3 Å². The van der Waals surface area contributed by atoms with E-state index in [1.165, 1.54) is 11.3 Å². The van der Waals surface area contributed by atoms with E-state index >= 15 is 0 Å². The van der Waals surface area contributed by atoms with Gasteiger partial charge in [-0.15, -0.1) is 0 Å². The van der Waals surface area contributed by atoms with Gasteiger partial charge in [0.2, 0.25) is 0 Å². The number of furan rings is 1. The van der Waals surface area contributed by atoms with Crippen LogP contribution in [-0.2, 0) is 0 Å². The van der Waals surface area contributed by atoms with E-state index in [0.29, 0.717) is 15.9 Å². The fourth-order valence-electron chi connectivity index (χ4n) is 2.97. The van der Waals surface area contributed by atoms with Crippen molar-refractivity contribution >= 4 is 61.5 Å². The van der Waals surface area contributed by atoms with Crippen LogP contribution in [-0.4, -0.2) is 16.0 Å². The molecule has 2 aromatic carbocycles. The maximum Gasteiger partial charge on any atom is 0.293 e. The molecular weight excluding hydrogens is 438 g/mol. The van der Waals surface area contributed by atoms with Crippen molar-refractivity contribution in [3.05, 3.63) is 69.9 Å². The van der Waals surface area contributed by atoms with Crippen molar-refractivity contribution in [3.63, 3.8) is 0 Å². The Morgan fingerprint density at radius 3 is 2.53 bits per heavy atom. The van der Waals surface area contributed by atoms with Gasteiger partial charge in [0.15, 0.2) is 16.0 Å². The molecule has 1 amide bonds. The van der Waals surface area contributed by atoms with E-state index < -0.39 is 5.91 Å². The number of nitrogens with one attached hydrogen (secondary N) is 2. The number of nitrogens with zero attached hydrogens (tertiary/aromatic N) is 1. The number of rotatable bonds is 3. The molecule has 0 aliphatic carbocycles. The summed E-state index contributed by atoms with van der Waals surface area (Å²) in [6.07, 6.45) is 0. The summed E-state index contributed by atoms with van der Waals surface area (Å²) < 4.78 is 6.78. The molecule has 2 aromatic heterocycles. The van der Waals surface area contributed by atoms with Crippen molar-refractivity contribution in [1.29, 1.82) is 0 Å². The highest BCUT2D eigenvalue weighted by Crippen LogP contribution is 2.31. The molecule has 4 rings (SSSR count). The molecule has 8 heteroatoms. The lowest BCUT2D eigenvalue weighted by molar-refractivity contribution is 0.0951. The van der Waals surface area contributed by atoms with Gasteiger partial charge >= 0.3 is 0 Å². The molecule has 152 valence electrons. The van der Waals surface area contributed by atoms with E-state index in [1.54, 1.807) is 18.2 Å². The van der Waals surface area contributed by atoms with Gasteiger partial charge in [-0.3, -0.25) is 10.1 Å². The van der Waals surface area contributed by atoms with Gasteiger partial charge in [-0.25, -0.2) is 4.98 Å². The van der Waals surface area contributed by atoms with Gasteiger partial charge in [0.1, 0.15) is 5.76 Å². The molecule has 4 aromatic rings. The number of hydrogen-bond acceptors (Lipinski definition) is 5. The van der Waals surface area contributed by atoms with Gasteiger partial charge < -0.3 is 9.73 Å². The average Bonchev–Trinajstić information content (AvgIpc) is 3.35. The molecule has 0 spiro atoms. The van der Waals surface area contributed by atoms with Crippen molar-refractivity contribution in [2.75, 3.05) is 5.32 Å². The second-order valence-electron chi connectivity index (χ2n) is 6.93. The first-order chi connectivity index (χ1) is 14.3. The molecule has 5 nitrogen and oxygen atoms in total. The number of halogens is 1. The zero-order valence-corrected chi connectivity index (χ0v) is 18.9. The van der Waals surface area contributed by atoms with Crippen molar-refractivity contribution in [3.8, 4) is 11.3 Å². The maximum absolute atomic E-state index is 12.5. The van der Waals surface area contributed by atoms with Crippen molar-refractivity contribution in [2.45, 2.75) is 20.8 Å². The summed E-state index contributed by atoms with van der Waals surface area (Å²) >= 11 is 13.0. The monoisotopic (exact) mass is 455 g/mol. The first kappa shape index (κ1) is 20.5. The Labute approximate surface area is 188 Å². The standard InChI is InChI=1S/C22H18ClN3O2S2/c1-11-6-7-14(10-15(11)23)16-8-9-17(28-16)20(27)25-21(29)26-22-24-18-12(2)4-5-13(3)19(18)30-22/h4-10H,1-3H3,(H2,24,25,26,27,29). The number of hydrogen-bond donors (Lipinski definition) is 2. The molecule has 0 unspecified atom stereocenters. The Hall–Kier alpha value is -2.74. The number of amides is 1. The van der Waals surface area contributed by atoms with Crippen molar-refractivity contribution < 1.29 is 9.21 Å². The van der Waals surface area contributed by atoms with Crippen LogP contribution in [0.5, 0.6) is 0 Å². The van der Waals surface area contributed by atoms with Crippen LogP contribution in [0.25, 0.3) is 21.5 Å². The number of aryl methyl sites for hydroxylation is 3. The fraction of sp³-hybridized carbons (Fsp3) is 0.136. The molecular formula is C22H18ClN3O2S2. The molecule has 0 saturated carbocycles. The Morgan fingerprint density at radius 2 is 1.80 bits per heavy atom. The summed E-state index contributed by atoms with van der Waals surface area (Å²) in [5, 5.41) is 7.04. The maximum atomic E-state index is 12.5. The summed E-state index contributed by atoms with van der Waals surface area (Å²) in [6, 6.07) is 13.0. The molecule has 0 fully saturated rings. The molecule has 0 atom stereocenters. The van der Waals surface area contributed by atoms with Gasteiger partial charge in [-0.05, 0) is 67.9 Å². The Morgan fingerprint density at radius 1 is 1.07 bits per heavy atom. The third kappa shape index (κ3) is 4.09. The molecule has 0 saturated heterocycles.